The molecule has 1 saturated heterocycles. The number of nitrogens with zero attached hydrogens (tertiary/aromatic N) is 2. The van der Waals surface area contributed by atoms with Crippen molar-refractivity contribution in [3.63, 3.8) is 0 Å². The number of aromatic nitrogens is 1. The summed E-state index contributed by atoms with van der Waals surface area (Å²) in [6.07, 6.45) is 5.57. The molecule has 29 heavy (non-hydrogen) atoms. The van der Waals surface area contributed by atoms with Gasteiger partial charge in [-0.2, -0.15) is 0 Å². The number of hydrogen-bond acceptors (Lipinski definition) is 3. The number of amides is 1. The number of benzene rings is 2. The summed E-state index contributed by atoms with van der Waals surface area (Å²) in [6.45, 7) is 0.985. The summed E-state index contributed by atoms with van der Waals surface area (Å²) in [6, 6.07) is 18.5. The van der Waals surface area contributed by atoms with Crippen LogP contribution in [-0.4, -0.2) is 28.6 Å². The molecule has 5 rings (SSSR count). The molecule has 2 aliphatic heterocycles. The van der Waals surface area contributed by atoms with E-state index in [-0.39, 0.29) is 23.9 Å². The molecule has 1 aromatic heterocycles. The molecule has 1 unspecified atom stereocenters. The highest BCUT2D eigenvalue weighted by atomic mass is 19.1. The van der Waals surface area contributed by atoms with Crippen molar-refractivity contribution in [3.8, 4) is 11.1 Å². The van der Waals surface area contributed by atoms with Crippen LogP contribution in [0, 0.1) is 5.82 Å². The Morgan fingerprint density at radius 2 is 1.97 bits per heavy atom. The van der Waals surface area contributed by atoms with E-state index in [9.17, 15) is 9.18 Å². The van der Waals surface area contributed by atoms with Gasteiger partial charge in [0.15, 0.2) is 0 Å². The van der Waals surface area contributed by atoms with Crippen LogP contribution in [0.2, 0.25) is 0 Å². The normalized spacial score (nSPS) is 20.4. The largest absolute Gasteiger partial charge is 0.447 e. The lowest BCUT2D eigenvalue weighted by Crippen LogP contribution is -2.41. The molecule has 2 aliphatic rings. The van der Waals surface area contributed by atoms with E-state index >= 15 is 0 Å². The van der Waals surface area contributed by atoms with Crippen LogP contribution in [0.15, 0.2) is 72.9 Å². The van der Waals surface area contributed by atoms with Crippen molar-refractivity contribution in [1.29, 1.82) is 0 Å². The summed E-state index contributed by atoms with van der Waals surface area (Å²) in [4.78, 5) is 18.4. The van der Waals surface area contributed by atoms with Crippen LogP contribution >= 0.6 is 0 Å². The quantitative estimate of drug-likeness (QED) is 0.635. The highest BCUT2D eigenvalue weighted by Crippen LogP contribution is 2.37. The Balaban J connectivity index is 1.42. The third kappa shape index (κ3) is 3.29. The number of halogens is 1. The van der Waals surface area contributed by atoms with Crippen LogP contribution in [-0.2, 0) is 11.3 Å². The van der Waals surface area contributed by atoms with Gasteiger partial charge in [-0.1, -0.05) is 48.5 Å². The van der Waals surface area contributed by atoms with Gasteiger partial charge >= 0.3 is 6.09 Å². The lowest BCUT2D eigenvalue weighted by molar-refractivity contribution is 0.154. The minimum Gasteiger partial charge on any atom is -0.447 e. The second-order valence-electron chi connectivity index (χ2n) is 7.34. The predicted molar refractivity (Wildman–Crippen MR) is 109 cm³/mol. The van der Waals surface area contributed by atoms with E-state index in [1.54, 1.807) is 17.2 Å². The standard InChI is InChI=1S/C24H19FN2O2/c25-19-6-3-5-16(12-19)17-8-9-20(26-13-17)10-11-22-21-7-2-1-4-18(21)14-27-23(22)15-29-24(27)28/h1-13,22-23H,14-15H2/t22?,23-/m0/s1. The molecule has 144 valence electrons. The first kappa shape index (κ1) is 17.6. The fourth-order valence-electron chi connectivity index (χ4n) is 4.12. The molecule has 2 atom stereocenters. The molecule has 0 radical (unpaired) electrons. The predicted octanol–water partition coefficient (Wildman–Crippen LogP) is 5.02. The first-order chi connectivity index (χ1) is 14.2. The van der Waals surface area contributed by atoms with Gasteiger partial charge in [-0.3, -0.25) is 9.88 Å². The number of fused-ring (bicyclic) bond motifs is 2. The van der Waals surface area contributed by atoms with Gasteiger partial charge in [0.05, 0.1) is 11.7 Å². The van der Waals surface area contributed by atoms with Crippen molar-refractivity contribution in [2.24, 2.45) is 0 Å². The number of carbonyl (C=O) groups is 1. The Hall–Kier alpha value is -3.47. The van der Waals surface area contributed by atoms with Crippen molar-refractivity contribution in [2.45, 2.75) is 18.5 Å². The number of pyridine rings is 1. The van der Waals surface area contributed by atoms with E-state index in [1.165, 1.54) is 17.7 Å². The second kappa shape index (κ2) is 7.17. The zero-order valence-electron chi connectivity index (χ0n) is 15.7. The molecule has 0 N–H and O–H groups in total. The summed E-state index contributed by atoms with van der Waals surface area (Å²) in [5, 5.41) is 0. The maximum absolute atomic E-state index is 13.4. The molecule has 2 aromatic carbocycles. The second-order valence-corrected chi connectivity index (χ2v) is 7.34. The van der Waals surface area contributed by atoms with E-state index < -0.39 is 0 Å². The molecule has 0 aliphatic carbocycles. The molecular weight excluding hydrogens is 367 g/mol. The van der Waals surface area contributed by atoms with Crippen molar-refractivity contribution in [1.82, 2.24) is 9.88 Å². The van der Waals surface area contributed by atoms with E-state index in [0.29, 0.717) is 13.2 Å². The highest BCUT2D eigenvalue weighted by Gasteiger charge is 2.42. The van der Waals surface area contributed by atoms with Crippen molar-refractivity contribution >= 4 is 12.2 Å². The Kier molecular flexibility index (Phi) is 4.35. The highest BCUT2D eigenvalue weighted by molar-refractivity contribution is 5.72. The fraction of sp³-hybridized carbons (Fsp3) is 0.167. The molecule has 0 bridgehead atoms. The Bertz CT molecular complexity index is 1090. The van der Waals surface area contributed by atoms with Crippen molar-refractivity contribution < 1.29 is 13.9 Å². The summed E-state index contributed by atoms with van der Waals surface area (Å²) in [7, 11) is 0. The van der Waals surface area contributed by atoms with Crippen molar-refractivity contribution in [3.05, 3.63) is 95.6 Å². The molecule has 0 saturated carbocycles. The van der Waals surface area contributed by atoms with Gasteiger partial charge in [-0.05, 0) is 41.0 Å². The van der Waals surface area contributed by atoms with E-state index in [2.05, 4.69) is 23.2 Å². The molecule has 0 spiro atoms. The SMILES string of the molecule is O=C1OC[C@H]2C(C=Cc3ccc(-c4cccc(F)c4)cn3)c3ccccc3CN12. The Morgan fingerprint density at radius 3 is 2.79 bits per heavy atom. The number of hydrogen-bond donors (Lipinski definition) is 0. The van der Waals surface area contributed by atoms with Crippen LogP contribution in [0.3, 0.4) is 0 Å². The zero-order chi connectivity index (χ0) is 19.8. The smallest absolute Gasteiger partial charge is 0.410 e. The lowest BCUT2D eigenvalue weighted by Gasteiger charge is -2.34. The van der Waals surface area contributed by atoms with Gasteiger partial charge in [0, 0.05) is 24.2 Å². The van der Waals surface area contributed by atoms with Gasteiger partial charge in [0.2, 0.25) is 0 Å². The summed E-state index contributed by atoms with van der Waals surface area (Å²) in [5.41, 5.74) is 4.84. The van der Waals surface area contributed by atoms with Crippen LogP contribution in [0.1, 0.15) is 22.7 Å². The Labute approximate surface area is 168 Å². The van der Waals surface area contributed by atoms with Gasteiger partial charge in [0.1, 0.15) is 12.4 Å². The first-order valence-electron chi connectivity index (χ1n) is 9.60. The number of rotatable bonds is 3. The average Bonchev–Trinajstić information content (AvgIpc) is 3.12. The molecule has 3 heterocycles. The average molecular weight is 386 g/mol. The maximum atomic E-state index is 13.4. The van der Waals surface area contributed by atoms with Gasteiger partial charge < -0.3 is 4.74 Å². The van der Waals surface area contributed by atoms with Crippen LogP contribution in [0.4, 0.5) is 9.18 Å². The molecular formula is C24H19FN2O2. The van der Waals surface area contributed by atoms with Gasteiger partial charge in [0.25, 0.3) is 0 Å². The van der Waals surface area contributed by atoms with E-state index in [4.69, 9.17) is 4.74 Å². The maximum Gasteiger partial charge on any atom is 0.410 e. The molecule has 3 aromatic rings. The minimum atomic E-state index is -0.264. The fourth-order valence-corrected chi connectivity index (χ4v) is 4.12. The van der Waals surface area contributed by atoms with E-state index in [0.717, 1.165) is 22.4 Å². The van der Waals surface area contributed by atoms with Crippen LogP contribution in [0.5, 0.6) is 0 Å². The summed E-state index contributed by atoms with van der Waals surface area (Å²) in [5.74, 6) is -0.212. The monoisotopic (exact) mass is 386 g/mol. The number of ether oxygens (including phenoxy) is 1. The molecule has 4 nitrogen and oxygen atoms in total. The van der Waals surface area contributed by atoms with Gasteiger partial charge in [-0.15, -0.1) is 0 Å². The third-order valence-electron chi connectivity index (χ3n) is 5.60. The summed E-state index contributed by atoms with van der Waals surface area (Å²) < 4.78 is 18.7. The summed E-state index contributed by atoms with van der Waals surface area (Å²) >= 11 is 0. The first-order valence-corrected chi connectivity index (χ1v) is 9.60. The molecule has 5 heteroatoms. The molecule has 1 fully saturated rings. The van der Waals surface area contributed by atoms with Gasteiger partial charge in [-0.25, -0.2) is 9.18 Å². The molecule has 1 amide bonds. The van der Waals surface area contributed by atoms with E-state index in [1.807, 2.05) is 36.4 Å². The van der Waals surface area contributed by atoms with Crippen LogP contribution in [0.25, 0.3) is 17.2 Å². The third-order valence-corrected chi connectivity index (χ3v) is 5.60. The Morgan fingerprint density at radius 1 is 1.07 bits per heavy atom. The van der Waals surface area contributed by atoms with Crippen LogP contribution < -0.4 is 0 Å². The topological polar surface area (TPSA) is 42.4 Å². The van der Waals surface area contributed by atoms with Crippen molar-refractivity contribution in [2.75, 3.05) is 6.61 Å². The minimum absolute atomic E-state index is 0.000201. The number of cyclic esters (lactones) is 1. The lowest BCUT2D eigenvalue weighted by atomic mass is 9.84. The zero-order valence-corrected chi connectivity index (χ0v) is 15.7. The number of carbonyl (C=O) groups excluding carboxylic acids is 1.